The second-order valence-electron chi connectivity index (χ2n) is 9.15. The average Bonchev–Trinajstić information content (AvgIpc) is 2.95. The first-order chi connectivity index (χ1) is 18.1. The van der Waals surface area contributed by atoms with Gasteiger partial charge >= 0.3 is 0 Å². The van der Waals surface area contributed by atoms with Crippen LogP contribution in [0.25, 0.3) is 11.3 Å². The molecule has 1 aliphatic heterocycles. The summed E-state index contributed by atoms with van der Waals surface area (Å²) in [7, 11) is 0. The van der Waals surface area contributed by atoms with Gasteiger partial charge in [0.2, 0.25) is 12.4 Å². The zero-order valence-electron chi connectivity index (χ0n) is 20.6. The number of nitrogens with zero attached hydrogens (tertiary/aromatic N) is 4. The molecule has 0 spiro atoms. The highest BCUT2D eigenvalue weighted by atomic mass is 16.1. The molecule has 0 saturated carbocycles. The third kappa shape index (κ3) is 5.81. The molecule has 186 valence electrons. The average molecular weight is 493 g/mol. The molecule has 0 bridgehead atoms. The van der Waals surface area contributed by atoms with Crippen molar-refractivity contribution in [3.8, 4) is 11.3 Å². The van der Waals surface area contributed by atoms with Gasteiger partial charge in [-0.25, -0.2) is 9.97 Å². The maximum absolute atomic E-state index is 13.0. The van der Waals surface area contributed by atoms with Gasteiger partial charge in [0, 0.05) is 54.2 Å². The van der Waals surface area contributed by atoms with E-state index in [0.29, 0.717) is 17.4 Å². The van der Waals surface area contributed by atoms with Gasteiger partial charge in [0.15, 0.2) is 0 Å². The first-order valence-electron chi connectivity index (χ1n) is 12.3. The van der Waals surface area contributed by atoms with Crippen LogP contribution in [0.3, 0.4) is 0 Å². The summed E-state index contributed by atoms with van der Waals surface area (Å²) in [6, 6.07) is 19.1. The Labute approximate surface area is 215 Å². The van der Waals surface area contributed by atoms with E-state index < -0.39 is 0 Å². The van der Waals surface area contributed by atoms with E-state index in [1.54, 1.807) is 30.7 Å². The van der Waals surface area contributed by atoms with Gasteiger partial charge in [-0.2, -0.15) is 0 Å². The molecule has 0 unspecified atom stereocenters. The van der Waals surface area contributed by atoms with Gasteiger partial charge in [-0.05, 0) is 79.3 Å². The number of aryl methyl sites for hydroxylation is 1. The zero-order chi connectivity index (χ0) is 25.6. The lowest BCUT2D eigenvalue weighted by atomic mass is 9.89. The van der Waals surface area contributed by atoms with Crippen LogP contribution in [-0.4, -0.2) is 45.3 Å². The first kappa shape index (κ1) is 24.1. The number of aromatic nitrogens is 3. The van der Waals surface area contributed by atoms with E-state index in [-0.39, 0.29) is 5.91 Å². The Morgan fingerprint density at radius 2 is 1.84 bits per heavy atom. The fourth-order valence-corrected chi connectivity index (χ4v) is 4.49. The van der Waals surface area contributed by atoms with Gasteiger partial charge in [0.05, 0.1) is 5.69 Å². The van der Waals surface area contributed by atoms with E-state index in [4.69, 9.17) is 0 Å². The number of likely N-dealkylation sites (tertiary alicyclic amines) is 1. The lowest BCUT2D eigenvalue weighted by Crippen LogP contribution is -2.31. The van der Waals surface area contributed by atoms with Crippen molar-refractivity contribution in [2.45, 2.75) is 25.7 Å². The van der Waals surface area contributed by atoms with Gasteiger partial charge in [-0.1, -0.05) is 18.2 Å². The van der Waals surface area contributed by atoms with Gasteiger partial charge in [-0.15, -0.1) is 0 Å². The third-order valence-corrected chi connectivity index (χ3v) is 6.68. The number of carbonyl (C=O) groups is 2. The molecule has 2 aromatic heterocycles. The summed E-state index contributed by atoms with van der Waals surface area (Å²) >= 11 is 0. The minimum atomic E-state index is -0.194. The number of pyridine rings is 1. The molecule has 0 radical (unpaired) electrons. The second kappa shape index (κ2) is 11.0. The molecule has 37 heavy (non-hydrogen) atoms. The van der Waals surface area contributed by atoms with Crippen LogP contribution in [0.4, 0.5) is 17.3 Å². The monoisotopic (exact) mass is 492 g/mol. The van der Waals surface area contributed by atoms with Crippen LogP contribution in [0, 0.1) is 6.92 Å². The first-order valence-corrected chi connectivity index (χ1v) is 12.3. The van der Waals surface area contributed by atoms with E-state index >= 15 is 0 Å². The summed E-state index contributed by atoms with van der Waals surface area (Å²) in [5.41, 5.74) is 5.89. The molecule has 4 aromatic rings. The number of rotatable bonds is 7. The van der Waals surface area contributed by atoms with Crippen LogP contribution in [0.5, 0.6) is 0 Å². The predicted molar refractivity (Wildman–Crippen MR) is 144 cm³/mol. The molecule has 1 saturated heterocycles. The van der Waals surface area contributed by atoms with Gasteiger partial charge in [0.25, 0.3) is 5.91 Å². The number of benzene rings is 2. The van der Waals surface area contributed by atoms with E-state index in [9.17, 15) is 9.59 Å². The minimum absolute atomic E-state index is 0.194. The Balaban J connectivity index is 1.26. The lowest BCUT2D eigenvalue weighted by molar-refractivity contribution is -0.119. The summed E-state index contributed by atoms with van der Waals surface area (Å²) in [5, 5.41) is 6.23. The van der Waals surface area contributed by atoms with Crippen molar-refractivity contribution in [3.63, 3.8) is 0 Å². The number of amides is 2. The fraction of sp³-hybridized carbons (Fsp3) is 0.207. The topological polar surface area (TPSA) is 100 Å². The van der Waals surface area contributed by atoms with Crippen molar-refractivity contribution < 1.29 is 9.59 Å². The molecule has 2 N–H and O–H groups in total. The molecule has 0 aliphatic carbocycles. The second-order valence-corrected chi connectivity index (χ2v) is 9.15. The van der Waals surface area contributed by atoms with Crippen LogP contribution < -0.4 is 10.6 Å². The van der Waals surface area contributed by atoms with E-state index in [1.807, 2.05) is 48.2 Å². The molecule has 8 nitrogen and oxygen atoms in total. The summed E-state index contributed by atoms with van der Waals surface area (Å²) in [5.74, 6) is 0.683. The Bertz CT molecular complexity index is 1380. The van der Waals surface area contributed by atoms with Crippen molar-refractivity contribution in [2.75, 3.05) is 23.7 Å². The van der Waals surface area contributed by atoms with E-state index in [0.717, 1.165) is 60.5 Å². The largest absolute Gasteiger partial charge is 0.345 e. The maximum Gasteiger partial charge on any atom is 0.255 e. The number of nitrogens with one attached hydrogen (secondary N) is 2. The standard InChI is InChI=1S/C29H28N6O2/c1-20-4-5-23(17-27(20)34-29-31-14-10-26(33-29)24-3-2-13-30-18-24)28(37)32-25-8-6-21(7-9-25)22-11-15-35(19-36)16-12-22/h2-10,13-14,17-19,22H,11-12,15-16H2,1H3,(H,32,37)(H,31,33,34). The highest BCUT2D eigenvalue weighted by Gasteiger charge is 2.19. The number of carbonyl (C=O) groups excluding carboxylic acids is 2. The number of hydrogen-bond acceptors (Lipinski definition) is 6. The van der Waals surface area contributed by atoms with Crippen molar-refractivity contribution >= 4 is 29.6 Å². The number of hydrogen-bond donors (Lipinski definition) is 2. The third-order valence-electron chi connectivity index (χ3n) is 6.68. The highest BCUT2D eigenvalue weighted by molar-refractivity contribution is 6.05. The van der Waals surface area contributed by atoms with Crippen LogP contribution >= 0.6 is 0 Å². The van der Waals surface area contributed by atoms with Crippen molar-refractivity contribution in [1.82, 2.24) is 19.9 Å². The van der Waals surface area contributed by atoms with Crippen molar-refractivity contribution in [2.24, 2.45) is 0 Å². The van der Waals surface area contributed by atoms with Gasteiger partial charge < -0.3 is 15.5 Å². The highest BCUT2D eigenvalue weighted by Crippen LogP contribution is 2.29. The normalized spacial score (nSPS) is 13.7. The van der Waals surface area contributed by atoms with Crippen LogP contribution in [0.2, 0.25) is 0 Å². The van der Waals surface area contributed by atoms with Crippen LogP contribution in [-0.2, 0) is 4.79 Å². The molecule has 1 aliphatic rings. The van der Waals surface area contributed by atoms with Crippen molar-refractivity contribution in [3.05, 3.63) is 95.9 Å². The molecule has 0 atom stereocenters. The number of anilines is 3. The Hall–Kier alpha value is -4.59. The molecule has 8 heteroatoms. The molecule has 5 rings (SSSR count). The number of piperidine rings is 1. The van der Waals surface area contributed by atoms with Crippen LogP contribution in [0.15, 0.2) is 79.3 Å². The molecule has 3 heterocycles. The summed E-state index contributed by atoms with van der Waals surface area (Å²) in [4.78, 5) is 38.8. The van der Waals surface area contributed by atoms with Crippen LogP contribution in [0.1, 0.15) is 40.2 Å². The minimum Gasteiger partial charge on any atom is -0.345 e. The van der Waals surface area contributed by atoms with Gasteiger partial charge in [0.1, 0.15) is 0 Å². The Kier molecular flexibility index (Phi) is 7.16. The van der Waals surface area contributed by atoms with Gasteiger partial charge in [-0.3, -0.25) is 14.6 Å². The lowest BCUT2D eigenvalue weighted by Gasteiger charge is -2.29. The SMILES string of the molecule is Cc1ccc(C(=O)Nc2ccc(C3CCN(C=O)CC3)cc2)cc1Nc1nccc(-c2cccnc2)n1. The van der Waals surface area contributed by atoms with E-state index in [2.05, 4.69) is 37.7 Å². The smallest absolute Gasteiger partial charge is 0.255 e. The quantitative estimate of drug-likeness (QED) is 0.345. The fourth-order valence-electron chi connectivity index (χ4n) is 4.49. The molecule has 1 fully saturated rings. The predicted octanol–water partition coefficient (Wildman–Crippen LogP) is 5.18. The molecular formula is C29H28N6O2. The Morgan fingerprint density at radius 1 is 1.03 bits per heavy atom. The summed E-state index contributed by atoms with van der Waals surface area (Å²) < 4.78 is 0. The molecule has 2 aromatic carbocycles. The van der Waals surface area contributed by atoms with E-state index in [1.165, 1.54) is 5.56 Å². The summed E-state index contributed by atoms with van der Waals surface area (Å²) in [6.07, 6.45) is 8.01. The maximum atomic E-state index is 13.0. The summed E-state index contributed by atoms with van der Waals surface area (Å²) in [6.45, 7) is 3.54. The molecule has 2 amide bonds. The Morgan fingerprint density at radius 3 is 2.57 bits per heavy atom. The van der Waals surface area contributed by atoms with Crippen molar-refractivity contribution in [1.29, 1.82) is 0 Å². The zero-order valence-corrected chi connectivity index (χ0v) is 20.6. The molecular weight excluding hydrogens is 464 g/mol.